The number of hydrogen-bond donors (Lipinski definition) is 0. The fourth-order valence-corrected chi connectivity index (χ4v) is 3.05. The first kappa shape index (κ1) is 15.9. The Morgan fingerprint density at radius 3 is 2.35 bits per heavy atom. The molecule has 0 saturated carbocycles. The minimum Gasteiger partial charge on any atom is -0.271 e. The molecular weight excluding hydrogens is 301 g/mol. The molecule has 1 unspecified atom stereocenters. The van der Waals surface area contributed by atoms with Crippen LogP contribution < -0.4 is 5.30 Å². The molecule has 2 heterocycles. The van der Waals surface area contributed by atoms with Gasteiger partial charge in [-0.3, -0.25) is 9.67 Å². The molecule has 0 saturated heterocycles. The monoisotopic (exact) mass is 323 g/mol. The number of nitrogens with zero attached hydrogens (tertiary/aromatic N) is 3. The lowest BCUT2D eigenvalue weighted by Crippen LogP contribution is -1.99. The van der Waals surface area contributed by atoms with Crippen LogP contribution in [0.25, 0.3) is 22.4 Å². The highest BCUT2D eigenvalue weighted by Gasteiger charge is 2.18. The van der Waals surface area contributed by atoms with E-state index in [9.17, 15) is 0 Å². The first-order valence-electron chi connectivity index (χ1n) is 8.03. The van der Waals surface area contributed by atoms with Gasteiger partial charge < -0.3 is 0 Å². The zero-order chi connectivity index (χ0) is 16.2. The van der Waals surface area contributed by atoms with Crippen LogP contribution in [0.15, 0.2) is 48.8 Å². The van der Waals surface area contributed by atoms with Gasteiger partial charge in [0.05, 0.1) is 0 Å². The average molecular weight is 323 g/mol. The minimum atomic E-state index is 1.04. The van der Waals surface area contributed by atoms with Crippen molar-refractivity contribution in [2.75, 3.05) is 0 Å². The normalized spacial score (nSPS) is 10.9. The van der Waals surface area contributed by atoms with Gasteiger partial charge >= 0.3 is 0 Å². The van der Waals surface area contributed by atoms with Gasteiger partial charge in [-0.1, -0.05) is 37.6 Å². The van der Waals surface area contributed by atoms with Crippen LogP contribution in [-0.4, -0.2) is 14.8 Å². The van der Waals surface area contributed by atoms with Crippen molar-refractivity contribution in [1.29, 1.82) is 0 Å². The van der Waals surface area contributed by atoms with Gasteiger partial charge in [0.15, 0.2) is 0 Å². The Labute approximate surface area is 140 Å². The van der Waals surface area contributed by atoms with Gasteiger partial charge in [0, 0.05) is 36.3 Å². The van der Waals surface area contributed by atoms with Crippen LogP contribution in [0.1, 0.15) is 25.5 Å². The molecule has 2 aromatic heterocycles. The van der Waals surface area contributed by atoms with E-state index in [1.54, 1.807) is 0 Å². The standard InChI is InChI=1S/C19H22N3P/c1-3-4-5-17-18(14-10-12-20-13-11-14)19(21-22(17)2)15-6-8-16(23)9-7-15/h6-13H,3-5,23H2,1-2H3. The van der Waals surface area contributed by atoms with E-state index in [4.69, 9.17) is 5.10 Å². The maximum Gasteiger partial charge on any atom is 0.100 e. The molecule has 0 aliphatic heterocycles. The first-order chi connectivity index (χ1) is 11.2. The molecule has 0 bridgehead atoms. The smallest absolute Gasteiger partial charge is 0.100 e. The number of aryl methyl sites for hydroxylation is 1. The maximum absolute atomic E-state index is 4.83. The summed E-state index contributed by atoms with van der Waals surface area (Å²) < 4.78 is 2.04. The third-order valence-electron chi connectivity index (χ3n) is 4.09. The van der Waals surface area contributed by atoms with Gasteiger partial charge in [-0.05, 0) is 35.8 Å². The molecule has 118 valence electrons. The summed E-state index contributed by atoms with van der Waals surface area (Å²) in [4.78, 5) is 4.15. The Kier molecular flexibility index (Phi) is 4.88. The van der Waals surface area contributed by atoms with E-state index in [0.717, 1.165) is 17.7 Å². The molecule has 0 fully saturated rings. The highest BCUT2D eigenvalue weighted by Crippen LogP contribution is 2.34. The van der Waals surface area contributed by atoms with Gasteiger partial charge in [0.1, 0.15) is 5.69 Å². The summed E-state index contributed by atoms with van der Waals surface area (Å²) in [6.45, 7) is 2.22. The Morgan fingerprint density at radius 2 is 1.70 bits per heavy atom. The van der Waals surface area contributed by atoms with Gasteiger partial charge in [-0.25, -0.2) is 0 Å². The van der Waals surface area contributed by atoms with Gasteiger partial charge in [0.2, 0.25) is 0 Å². The van der Waals surface area contributed by atoms with E-state index in [-0.39, 0.29) is 0 Å². The van der Waals surface area contributed by atoms with Crippen LogP contribution in [0.4, 0.5) is 0 Å². The zero-order valence-electron chi connectivity index (χ0n) is 13.7. The van der Waals surface area contributed by atoms with E-state index in [1.807, 2.05) is 24.1 Å². The third-order valence-corrected chi connectivity index (χ3v) is 4.47. The topological polar surface area (TPSA) is 30.7 Å². The number of rotatable bonds is 5. The summed E-state index contributed by atoms with van der Waals surface area (Å²) in [5.41, 5.74) is 5.92. The van der Waals surface area contributed by atoms with E-state index >= 15 is 0 Å². The molecule has 0 spiro atoms. The van der Waals surface area contributed by atoms with Crippen molar-refractivity contribution in [2.45, 2.75) is 26.2 Å². The second kappa shape index (κ2) is 7.06. The number of benzene rings is 1. The lowest BCUT2D eigenvalue weighted by molar-refractivity contribution is 0.678. The molecule has 1 atom stereocenters. The van der Waals surface area contributed by atoms with Crippen molar-refractivity contribution in [3.63, 3.8) is 0 Å². The lowest BCUT2D eigenvalue weighted by atomic mass is 9.97. The lowest BCUT2D eigenvalue weighted by Gasteiger charge is -2.07. The van der Waals surface area contributed by atoms with Crippen LogP contribution in [-0.2, 0) is 13.5 Å². The Morgan fingerprint density at radius 1 is 1.00 bits per heavy atom. The number of hydrogen-bond acceptors (Lipinski definition) is 2. The number of pyridine rings is 1. The largest absolute Gasteiger partial charge is 0.271 e. The molecule has 0 N–H and O–H groups in total. The van der Waals surface area contributed by atoms with Crippen LogP contribution in [0, 0.1) is 0 Å². The summed E-state index contributed by atoms with van der Waals surface area (Å²) in [6.07, 6.45) is 7.09. The highest BCUT2D eigenvalue weighted by atomic mass is 31.0. The molecule has 4 heteroatoms. The summed E-state index contributed by atoms with van der Waals surface area (Å²) >= 11 is 0. The number of aromatic nitrogens is 3. The zero-order valence-corrected chi connectivity index (χ0v) is 14.8. The molecule has 3 aromatic rings. The maximum atomic E-state index is 4.83. The van der Waals surface area contributed by atoms with E-state index in [0.29, 0.717) is 0 Å². The van der Waals surface area contributed by atoms with Crippen molar-refractivity contribution in [1.82, 2.24) is 14.8 Å². The van der Waals surface area contributed by atoms with Crippen LogP contribution in [0.3, 0.4) is 0 Å². The Hall–Kier alpha value is -1.99. The molecule has 3 nitrogen and oxygen atoms in total. The quantitative estimate of drug-likeness (QED) is 0.665. The molecule has 0 amide bonds. The van der Waals surface area contributed by atoms with E-state index in [1.165, 1.54) is 35.0 Å². The average Bonchev–Trinajstić information content (AvgIpc) is 2.91. The van der Waals surface area contributed by atoms with Gasteiger partial charge in [-0.15, -0.1) is 9.24 Å². The van der Waals surface area contributed by atoms with Gasteiger partial charge in [0.25, 0.3) is 0 Å². The summed E-state index contributed by atoms with van der Waals surface area (Å²) in [7, 11) is 4.77. The predicted octanol–water partition coefficient (Wildman–Crippen LogP) is 3.99. The van der Waals surface area contributed by atoms with Crippen molar-refractivity contribution >= 4 is 14.5 Å². The minimum absolute atomic E-state index is 1.04. The second-order valence-corrected chi connectivity index (χ2v) is 6.42. The molecule has 3 rings (SSSR count). The fourth-order valence-electron chi connectivity index (χ4n) is 2.85. The van der Waals surface area contributed by atoms with Crippen LogP contribution in [0.5, 0.6) is 0 Å². The summed E-state index contributed by atoms with van der Waals surface area (Å²) in [6, 6.07) is 12.6. The fraction of sp³-hybridized carbons (Fsp3) is 0.263. The molecular formula is C19H22N3P. The predicted molar refractivity (Wildman–Crippen MR) is 99.8 cm³/mol. The van der Waals surface area contributed by atoms with Crippen molar-refractivity contribution in [2.24, 2.45) is 7.05 Å². The van der Waals surface area contributed by atoms with Crippen LogP contribution >= 0.6 is 9.24 Å². The Bertz CT molecular complexity index is 776. The highest BCUT2D eigenvalue weighted by molar-refractivity contribution is 7.27. The second-order valence-electron chi connectivity index (χ2n) is 5.76. The van der Waals surface area contributed by atoms with E-state index in [2.05, 4.69) is 57.5 Å². The summed E-state index contributed by atoms with van der Waals surface area (Å²) in [5, 5.41) is 6.01. The van der Waals surface area contributed by atoms with Crippen molar-refractivity contribution in [3.05, 3.63) is 54.5 Å². The molecule has 1 aromatic carbocycles. The molecule has 0 aliphatic rings. The third kappa shape index (κ3) is 3.35. The van der Waals surface area contributed by atoms with Gasteiger partial charge in [-0.2, -0.15) is 5.10 Å². The first-order valence-corrected chi connectivity index (χ1v) is 8.60. The Balaban J connectivity index is 2.17. The SMILES string of the molecule is CCCCc1c(-c2ccncc2)c(-c2ccc(P)cc2)nn1C. The van der Waals surface area contributed by atoms with Crippen LogP contribution in [0.2, 0.25) is 0 Å². The molecule has 0 radical (unpaired) electrons. The molecule has 23 heavy (non-hydrogen) atoms. The van der Waals surface area contributed by atoms with E-state index < -0.39 is 0 Å². The van der Waals surface area contributed by atoms with Crippen molar-refractivity contribution in [3.8, 4) is 22.4 Å². The van der Waals surface area contributed by atoms with Crippen molar-refractivity contribution < 1.29 is 0 Å². The number of unbranched alkanes of at least 4 members (excludes halogenated alkanes) is 1. The molecule has 0 aliphatic carbocycles. The summed E-state index contributed by atoms with van der Waals surface area (Å²) in [5.74, 6) is 0.